The second kappa shape index (κ2) is 9.85. The van der Waals surface area contributed by atoms with Crippen LogP contribution in [0.5, 0.6) is 0 Å². The molecule has 0 aliphatic heterocycles. The lowest BCUT2D eigenvalue weighted by Gasteiger charge is -1.75. The van der Waals surface area contributed by atoms with E-state index in [4.69, 9.17) is 5.26 Å². The van der Waals surface area contributed by atoms with Gasteiger partial charge in [0, 0.05) is 6.92 Å². The minimum atomic E-state index is -0.572. The molecule has 0 saturated carbocycles. The van der Waals surface area contributed by atoms with Gasteiger partial charge in [0.15, 0.2) is 0 Å². The predicted molar refractivity (Wildman–Crippen MR) is 33.2 cm³/mol. The Balaban J connectivity index is 0. The molecule has 50 valence electrons. The number of nitrogens with zero attached hydrogens (tertiary/aromatic N) is 1. The molecular formula is C6H9NO2. The van der Waals surface area contributed by atoms with Gasteiger partial charge in [-0.25, -0.2) is 0 Å². The van der Waals surface area contributed by atoms with Gasteiger partial charge < -0.3 is 4.74 Å². The molecule has 0 aromatic heterocycles. The molecule has 0 amide bonds. The molecule has 0 N–H and O–H groups in total. The highest BCUT2D eigenvalue weighted by atomic mass is 16.5. The summed E-state index contributed by atoms with van der Waals surface area (Å²) in [4.78, 5) is 9.60. The van der Waals surface area contributed by atoms with E-state index in [2.05, 4.69) is 11.3 Å². The first-order chi connectivity index (χ1) is 4.18. The van der Waals surface area contributed by atoms with Gasteiger partial charge in [-0.2, -0.15) is 0 Å². The van der Waals surface area contributed by atoms with Crippen molar-refractivity contribution in [2.75, 3.05) is 0 Å². The van der Waals surface area contributed by atoms with Gasteiger partial charge in [0.2, 0.25) is 0 Å². The average molecular weight is 127 g/mol. The first kappa shape index (κ1) is 10.6. The third kappa shape index (κ3) is 51.2. The molecule has 3 heteroatoms. The van der Waals surface area contributed by atoms with Crippen molar-refractivity contribution in [1.29, 1.82) is 5.26 Å². The Morgan fingerprint density at radius 3 is 2.22 bits per heavy atom. The molecule has 3 nitrogen and oxygen atoms in total. The number of allylic oxidation sites excluding steroid dienone is 1. The third-order valence-electron chi connectivity index (χ3n) is 0.189. The predicted octanol–water partition coefficient (Wildman–Crippen LogP) is 1.22. The Kier molecular flexibility index (Phi) is 11.6. The Labute approximate surface area is 54.5 Å². The second-order valence-electron chi connectivity index (χ2n) is 1.09. The van der Waals surface area contributed by atoms with Crippen LogP contribution in [-0.2, 0) is 9.53 Å². The molecule has 0 rings (SSSR count). The van der Waals surface area contributed by atoms with Crippen LogP contribution in [0.1, 0.15) is 13.8 Å². The van der Waals surface area contributed by atoms with Crippen molar-refractivity contribution in [1.82, 2.24) is 0 Å². The van der Waals surface area contributed by atoms with E-state index in [0.717, 1.165) is 0 Å². The topological polar surface area (TPSA) is 50.1 Å². The molecule has 0 atom stereocenters. The maximum absolute atomic E-state index is 9.60. The van der Waals surface area contributed by atoms with Crippen molar-refractivity contribution in [3.05, 3.63) is 12.7 Å². The summed E-state index contributed by atoms with van der Waals surface area (Å²) in [5.74, 6) is -0.572. The van der Waals surface area contributed by atoms with Crippen molar-refractivity contribution in [3.8, 4) is 6.26 Å². The highest BCUT2D eigenvalue weighted by Crippen LogP contribution is 1.65. The molecule has 0 aromatic rings. The van der Waals surface area contributed by atoms with Gasteiger partial charge in [0.25, 0.3) is 6.26 Å². The van der Waals surface area contributed by atoms with Crippen LogP contribution in [0.25, 0.3) is 0 Å². The van der Waals surface area contributed by atoms with Gasteiger partial charge in [-0.3, -0.25) is 4.79 Å². The lowest BCUT2D eigenvalue weighted by Crippen LogP contribution is -1.88. The molecule has 0 bridgehead atoms. The molecule has 0 radical (unpaired) electrons. The van der Waals surface area contributed by atoms with E-state index in [1.807, 2.05) is 6.92 Å². The van der Waals surface area contributed by atoms with Crippen LogP contribution in [0, 0.1) is 11.5 Å². The minimum absolute atomic E-state index is 0.572. The standard InChI is InChI=1S/C3H3NO2.C3H6/c1-3(5)6-2-4;1-3-2/h1H3;3H,1H2,2H3. The summed E-state index contributed by atoms with van der Waals surface area (Å²) < 4.78 is 3.71. The molecule has 0 unspecified atom stereocenters. The zero-order chi connectivity index (χ0) is 7.70. The van der Waals surface area contributed by atoms with E-state index >= 15 is 0 Å². The number of rotatable bonds is 0. The van der Waals surface area contributed by atoms with E-state index in [1.165, 1.54) is 13.2 Å². The van der Waals surface area contributed by atoms with Crippen molar-refractivity contribution < 1.29 is 9.53 Å². The summed E-state index contributed by atoms with van der Waals surface area (Å²) in [6, 6.07) is 0. The lowest BCUT2D eigenvalue weighted by atomic mass is 10.8. The van der Waals surface area contributed by atoms with E-state index in [-0.39, 0.29) is 0 Å². The molecule has 0 aliphatic rings. The van der Waals surface area contributed by atoms with Crippen LogP contribution in [0.2, 0.25) is 0 Å². The van der Waals surface area contributed by atoms with Crippen LogP contribution < -0.4 is 0 Å². The van der Waals surface area contributed by atoms with Gasteiger partial charge in [-0.15, -0.1) is 11.8 Å². The van der Waals surface area contributed by atoms with Crippen molar-refractivity contribution in [2.24, 2.45) is 0 Å². The average Bonchev–Trinajstić information content (AvgIpc) is 1.67. The Morgan fingerprint density at radius 1 is 1.89 bits per heavy atom. The summed E-state index contributed by atoms with van der Waals surface area (Å²) in [6.45, 7) is 6.42. The van der Waals surface area contributed by atoms with Crippen LogP contribution in [0.3, 0.4) is 0 Å². The highest BCUT2D eigenvalue weighted by molar-refractivity contribution is 5.66. The van der Waals surface area contributed by atoms with Gasteiger partial charge in [-0.1, -0.05) is 6.08 Å². The van der Waals surface area contributed by atoms with Gasteiger partial charge >= 0.3 is 5.97 Å². The molecule has 0 aromatic carbocycles. The van der Waals surface area contributed by atoms with E-state index in [1.54, 1.807) is 6.08 Å². The Bertz CT molecular complexity index is 124. The van der Waals surface area contributed by atoms with Crippen molar-refractivity contribution >= 4 is 5.97 Å². The third-order valence-corrected chi connectivity index (χ3v) is 0.189. The van der Waals surface area contributed by atoms with Crippen molar-refractivity contribution in [3.63, 3.8) is 0 Å². The fourth-order valence-corrected chi connectivity index (χ4v) is 0.0643. The number of ether oxygens (including phenoxy) is 1. The fraction of sp³-hybridized carbons (Fsp3) is 0.333. The lowest BCUT2D eigenvalue weighted by molar-refractivity contribution is -0.134. The van der Waals surface area contributed by atoms with Gasteiger partial charge in [0.1, 0.15) is 0 Å². The molecule has 9 heavy (non-hydrogen) atoms. The number of hydrogen-bond donors (Lipinski definition) is 0. The maximum atomic E-state index is 9.60. The molecule has 0 aliphatic carbocycles. The van der Waals surface area contributed by atoms with E-state index < -0.39 is 5.97 Å². The van der Waals surface area contributed by atoms with Crippen LogP contribution in [-0.4, -0.2) is 5.97 Å². The normalized spacial score (nSPS) is 5.44. The van der Waals surface area contributed by atoms with E-state index in [0.29, 0.717) is 0 Å². The monoisotopic (exact) mass is 127 g/mol. The number of hydrogen-bond acceptors (Lipinski definition) is 3. The highest BCUT2D eigenvalue weighted by Gasteiger charge is 1.82. The largest absolute Gasteiger partial charge is 0.351 e. The molecule has 0 spiro atoms. The van der Waals surface area contributed by atoms with Gasteiger partial charge in [-0.05, 0) is 6.92 Å². The zero-order valence-electron chi connectivity index (χ0n) is 5.55. The van der Waals surface area contributed by atoms with E-state index in [9.17, 15) is 4.79 Å². The number of nitriles is 1. The number of carbonyl (C=O) groups is 1. The van der Waals surface area contributed by atoms with Crippen LogP contribution in [0.15, 0.2) is 12.7 Å². The SMILES string of the molecule is C=CC.CC(=O)OC#N. The summed E-state index contributed by atoms with van der Waals surface area (Å²) in [6.07, 6.45) is 2.97. The minimum Gasteiger partial charge on any atom is -0.351 e. The molecule has 0 fully saturated rings. The Hall–Kier alpha value is -1.30. The van der Waals surface area contributed by atoms with Crippen LogP contribution in [0.4, 0.5) is 0 Å². The maximum Gasteiger partial charge on any atom is 0.318 e. The smallest absolute Gasteiger partial charge is 0.318 e. The molecule has 0 saturated heterocycles. The second-order valence-corrected chi connectivity index (χ2v) is 1.09. The van der Waals surface area contributed by atoms with Crippen molar-refractivity contribution in [2.45, 2.75) is 13.8 Å². The van der Waals surface area contributed by atoms with Gasteiger partial charge in [0.05, 0.1) is 0 Å². The summed E-state index contributed by atoms with van der Waals surface area (Å²) in [7, 11) is 0. The first-order valence-electron chi connectivity index (χ1n) is 2.32. The Morgan fingerprint density at radius 2 is 2.22 bits per heavy atom. The summed E-state index contributed by atoms with van der Waals surface area (Å²) in [5.41, 5.74) is 0. The number of esters is 1. The summed E-state index contributed by atoms with van der Waals surface area (Å²) in [5, 5.41) is 7.54. The first-order valence-corrected chi connectivity index (χ1v) is 2.32. The molecular weight excluding hydrogens is 118 g/mol. The fourth-order valence-electron chi connectivity index (χ4n) is 0.0643. The summed E-state index contributed by atoms with van der Waals surface area (Å²) >= 11 is 0. The van der Waals surface area contributed by atoms with Crippen LogP contribution >= 0.6 is 0 Å². The zero-order valence-corrected chi connectivity index (χ0v) is 5.55. The quantitative estimate of drug-likeness (QED) is 0.279. The number of carbonyl (C=O) groups excluding carboxylic acids is 1. The molecule has 0 heterocycles.